The summed E-state index contributed by atoms with van der Waals surface area (Å²) < 4.78 is 5.98. The molecular formula is C19H22O2. The van der Waals surface area contributed by atoms with Crippen molar-refractivity contribution in [3.63, 3.8) is 0 Å². The molecule has 1 fully saturated rings. The fourth-order valence-electron chi connectivity index (χ4n) is 3.10. The zero-order valence-corrected chi connectivity index (χ0v) is 12.2. The average molecular weight is 282 g/mol. The summed E-state index contributed by atoms with van der Waals surface area (Å²) in [4.78, 5) is 0. The fourth-order valence-corrected chi connectivity index (χ4v) is 3.10. The van der Waals surface area contributed by atoms with Gasteiger partial charge >= 0.3 is 0 Å². The largest absolute Gasteiger partial charge is 0.390 e. The summed E-state index contributed by atoms with van der Waals surface area (Å²) in [6.07, 6.45) is 2.35. The molecule has 0 radical (unpaired) electrons. The van der Waals surface area contributed by atoms with Crippen LogP contribution in [0.1, 0.15) is 36.3 Å². The minimum Gasteiger partial charge on any atom is -0.390 e. The minimum absolute atomic E-state index is 0.0656. The molecule has 3 atom stereocenters. The molecule has 0 amide bonds. The Bertz CT molecular complexity index is 538. The zero-order chi connectivity index (χ0) is 14.5. The summed E-state index contributed by atoms with van der Waals surface area (Å²) in [5.41, 5.74) is 2.52. The van der Waals surface area contributed by atoms with Crippen molar-refractivity contribution in [1.29, 1.82) is 0 Å². The highest BCUT2D eigenvalue weighted by atomic mass is 16.5. The molecule has 3 rings (SSSR count). The standard InChI is InChI=1S/C19H22O2/c20-18-12-11-17(16-9-5-2-6-10-16)13-19(18)21-14-15-7-3-1-4-8-15/h1-10,17-20H,11-14H2. The van der Waals surface area contributed by atoms with E-state index in [1.54, 1.807) is 0 Å². The lowest BCUT2D eigenvalue weighted by Crippen LogP contribution is -2.35. The Kier molecular flexibility index (Phi) is 4.69. The monoisotopic (exact) mass is 282 g/mol. The molecule has 1 aliphatic rings. The van der Waals surface area contributed by atoms with Gasteiger partial charge in [0.25, 0.3) is 0 Å². The third kappa shape index (κ3) is 3.72. The van der Waals surface area contributed by atoms with E-state index in [1.807, 2.05) is 24.3 Å². The molecule has 2 nitrogen and oxygen atoms in total. The fraction of sp³-hybridized carbons (Fsp3) is 0.368. The van der Waals surface area contributed by atoms with E-state index in [0.717, 1.165) is 24.8 Å². The number of aliphatic hydroxyl groups is 1. The van der Waals surface area contributed by atoms with Crippen LogP contribution in [-0.4, -0.2) is 17.3 Å². The van der Waals surface area contributed by atoms with E-state index in [4.69, 9.17) is 4.74 Å². The van der Waals surface area contributed by atoms with E-state index in [2.05, 4.69) is 36.4 Å². The van der Waals surface area contributed by atoms with Crippen molar-refractivity contribution in [1.82, 2.24) is 0 Å². The van der Waals surface area contributed by atoms with E-state index < -0.39 is 0 Å². The summed E-state index contributed by atoms with van der Waals surface area (Å²) in [7, 11) is 0. The number of hydrogen-bond acceptors (Lipinski definition) is 2. The molecule has 0 spiro atoms. The lowest BCUT2D eigenvalue weighted by molar-refractivity contribution is -0.0708. The van der Waals surface area contributed by atoms with Crippen LogP contribution < -0.4 is 0 Å². The van der Waals surface area contributed by atoms with Gasteiger partial charge in [-0.15, -0.1) is 0 Å². The predicted molar refractivity (Wildman–Crippen MR) is 84.1 cm³/mol. The van der Waals surface area contributed by atoms with Crippen LogP contribution in [0.15, 0.2) is 60.7 Å². The van der Waals surface area contributed by atoms with Crippen molar-refractivity contribution in [3.05, 3.63) is 71.8 Å². The normalized spacial score (nSPS) is 25.7. The molecule has 1 saturated carbocycles. The van der Waals surface area contributed by atoms with Crippen molar-refractivity contribution < 1.29 is 9.84 Å². The lowest BCUT2D eigenvalue weighted by Gasteiger charge is -2.33. The van der Waals surface area contributed by atoms with E-state index in [-0.39, 0.29) is 12.2 Å². The van der Waals surface area contributed by atoms with Crippen molar-refractivity contribution >= 4 is 0 Å². The Morgan fingerprint density at radius 1 is 0.905 bits per heavy atom. The molecule has 0 aromatic heterocycles. The van der Waals surface area contributed by atoms with Gasteiger partial charge in [-0.1, -0.05) is 60.7 Å². The number of hydrogen-bond donors (Lipinski definition) is 1. The van der Waals surface area contributed by atoms with Gasteiger partial charge in [0.15, 0.2) is 0 Å². The number of aliphatic hydroxyl groups excluding tert-OH is 1. The van der Waals surface area contributed by atoms with Gasteiger partial charge in [-0.05, 0) is 36.3 Å². The van der Waals surface area contributed by atoms with Crippen LogP contribution >= 0.6 is 0 Å². The second-order valence-electron chi connectivity index (χ2n) is 5.82. The van der Waals surface area contributed by atoms with Gasteiger partial charge in [0.05, 0.1) is 18.8 Å². The predicted octanol–water partition coefficient (Wildman–Crippen LogP) is 3.90. The van der Waals surface area contributed by atoms with Crippen LogP contribution in [0.5, 0.6) is 0 Å². The zero-order valence-electron chi connectivity index (χ0n) is 12.2. The quantitative estimate of drug-likeness (QED) is 0.921. The minimum atomic E-state index is -0.339. The highest BCUT2D eigenvalue weighted by molar-refractivity contribution is 5.20. The summed E-state index contributed by atoms with van der Waals surface area (Å²) in [6.45, 7) is 0.573. The van der Waals surface area contributed by atoms with Crippen LogP contribution in [0.2, 0.25) is 0 Å². The summed E-state index contributed by atoms with van der Waals surface area (Å²) >= 11 is 0. The summed E-state index contributed by atoms with van der Waals surface area (Å²) in [6, 6.07) is 20.7. The Morgan fingerprint density at radius 2 is 1.57 bits per heavy atom. The topological polar surface area (TPSA) is 29.5 Å². The molecule has 3 unspecified atom stereocenters. The van der Waals surface area contributed by atoms with Crippen LogP contribution in [0.4, 0.5) is 0 Å². The van der Waals surface area contributed by atoms with Gasteiger partial charge in [0.1, 0.15) is 0 Å². The van der Waals surface area contributed by atoms with E-state index in [0.29, 0.717) is 12.5 Å². The molecule has 21 heavy (non-hydrogen) atoms. The van der Waals surface area contributed by atoms with Gasteiger partial charge in [0, 0.05) is 0 Å². The van der Waals surface area contributed by atoms with Crippen molar-refractivity contribution in [3.8, 4) is 0 Å². The molecule has 1 aliphatic carbocycles. The van der Waals surface area contributed by atoms with E-state index in [1.165, 1.54) is 5.56 Å². The molecule has 110 valence electrons. The maximum atomic E-state index is 10.2. The lowest BCUT2D eigenvalue weighted by atomic mass is 9.81. The highest BCUT2D eigenvalue weighted by Gasteiger charge is 2.30. The molecule has 2 aromatic rings. The Labute approximate surface area is 126 Å². The van der Waals surface area contributed by atoms with E-state index >= 15 is 0 Å². The first-order valence-corrected chi connectivity index (χ1v) is 7.71. The highest BCUT2D eigenvalue weighted by Crippen LogP contribution is 2.34. The Balaban J connectivity index is 1.61. The third-order valence-corrected chi connectivity index (χ3v) is 4.33. The molecular weight excluding hydrogens is 260 g/mol. The van der Waals surface area contributed by atoms with Crippen LogP contribution in [0.25, 0.3) is 0 Å². The van der Waals surface area contributed by atoms with Gasteiger partial charge in [-0.2, -0.15) is 0 Å². The maximum absolute atomic E-state index is 10.2. The van der Waals surface area contributed by atoms with E-state index in [9.17, 15) is 5.11 Å². The molecule has 2 aromatic carbocycles. The molecule has 2 heteroatoms. The molecule has 0 heterocycles. The maximum Gasteiger partial charge on any atom is 0.0844 e. The molecule has 0 bridgehead atoms. The van der Waals surface area contributed by atoms with Crippen molar-refractivity contribution in [2.75, 3.05) is 0 Å². The first-order valence-electron chi connectivity index (χ1n) is 7.71. The number of ether oxygens (including phenoxy) is 1. The first kappa shape index (κ1) is 14.3. The second kappa shape index (κ2) is 6.88. The molecule has 0 saturated heterocycles. The Morgan fingerprint density at radius 3 is 2.29 bits per heavy atom. The molecule has 0 aliphatic heterocycles. The number of rotatable bonds is 4. The van der Waals surface area contributed by atoms with Gasteiger partial charge in [-0.3, -0.25) is 0 Å². The smallest absolute Gasteiger partial charge is 0.0844 e. The Hall–Kier alpha value is -1.64. The van der Waals surface area contributed by atoms with Gasteiger partial charge < -0.3 is 9.84 Å². The number of benzene rings is 2. The van der Waals surface area contributed by atoms with Crippen molar-refractivity contribution in [2.45, 2.75) is 44.0 Å². The third-order valence-electron chi connectivity index (χ3n) is 4.33. The average Bonchev–Trinajstić information content (AvgIpc) is 2.56. The first-order chi connectivity index (χ1) is 10.3. The molecule has 1 N–H and O–H groups in total. The van der Waals surface area contributed by atoms with Crippen molar-refractivity contribution in [2.24, 2.45) is 0 Å². The van der Waals surface area contributed by atoms with Gasteiger partial charge in [0.2, 0.25) is 0 Å². The van der Waals surface area contributed by atoms with Crippen LogP contribution in [0, 0.1) is 0 Å². The van der Waals surface area contributed by atoms with Crippen LogP contribution in [-0.2, 0) is 11.3 Å². The summed E-state index contributed by atoms with van der Waals surface area (Å²) in [5, 5.41) is 10.2. The summed E-state index contributed by atoms with van der Waals surface area (Å²) in [5.74, 6) is 0.496. The van der Waals surface area contributed by atoms with Gasteiger partial charge in [-0.25, -0.2) is 0 Å². The second-order valence-corrected chi connectivity index (χ2v) is 5.82. The van der Waals surface area contributed by atoms with Crippen LogP contribution in [0.3, 0.4) is 0 Å². The SMILES string of the molecule is OC1CCC(c2ccccc2)CC1OCc1ccccc1.